The number of ether oxygens (including phenoxy) is 1. The summed E-state index contributed by atoms with van der Waals surface area (Å²) in [7, 11) is 0. The lowest BCUT2D eigenvalue weighted by atomic mass is 9.78. The zero-order chi connectivity index (χ0) is 14.1. The van der Waals surface area contributed by atoms with Gasteiger partial charge in [-0.3, -0.25) is 0 Å². The largest absolute Gasteiger partial charge is 0.375 e. The van der Waals surface area contributed by atoms with Gasteiger partial charge in [-0.15, -0.1) is 0 Å². The van der Waals surface area contributed by atoms with E-state index >= 15 is 0 Å². The van der Waals surface area contributed by atoms with E-state index in [-0.39, 0.29) is 5.60 Å². The summed E-state index contributed by atoms with van der Waals surface area (Å²) in [5, 5.41) is 3.91. The highest BCUT2D eigenvalue weighted by Gasteiger charge is 2.39. The molecule has 2 unspecified atom stereocenters. The second-order valence-electron chi connectivity index (χ2n) is 8.07. The topological polar surface area (TPSA) is 24.5 Å². The van der Waals surface area contributed by atoms with Crippen LogP contribution in [0.2, 0.25) is 0 Å². The van der Waals surface area contributed by atoms with Crippen molar-refractivity contribution in [1.29, 1.82) is 0 Å². The van der Waals surface area contributed by atoms with Gasteiger partial charge in [0.2, 0.25) is 0 Å². The van der Waals surface area contributed by atoms with Crippen LogP contribution in [0, 0.1) is 5.92 Å². The molecule has 3 heteroatoms. The molecule has 0 bridgehead atoms. The van der Waals surface area contributed by atoms with Crippen LogP contribution in [0.15, 0.2) is 0 Å². The molecule has 0 amide bonds. The molecule has 4 fully saturated rings. The Balaban J connectivity index is 1.23. The number of hydrogen-bond acceptors (Lipinski definition) is 3. The molecule has 0 radical (unpaired) electrons. The fourth-order valence-corrected chi connectivity index (χ4v) is 4.88. The average molecular weight is 292 g/mol. The Morgan fingerprint density at radius 2 is 1.90 bits per heavy atom. The molecule has 120 valence electrons. The third-order valence-corrected chi connectivity index (χ3v) is 6.33. The zero-order valence-electron chi connectivity index (χ0n) is 13.5. The SMILES string of the molecule is C1CCC2(CC1)CC(NCC1CCN(C3CC3)C1)CCO2. The average Bonchev–Trinajstić information content (AvgIpc) is 3.25. The number of nitrogens with one attached hydrogen (secondary N) is 1. The Morgan fingerprint density at radius 3 is 2.71 bits per heavy atom. The molecule has 0 aromatic heterocycles. The highest BCUT2D eigenvalue weighted by molar-refractivity contribution is 4.93. The molecule has 0 aromatic carbocycles. The monoisotopic (exact) mass is 292 g/mol. The summed E-state index contributed by atoms with van der Waals surface area (Å²) in [6.07, 6.45) is 13.6. The standard InChI is InChI=1S/C18H32N2O/c1-2-8-18(9-3-1)12-16(7-11-21-18)19-13-15-6-10-20(14-15)17-4-5-17/h15-17,19H,1-14H2. The number of likely N-dealkylation sites (tertiary alicyclic amines) is 1. The van der Waals surface area contributed by atoms with E-state index in [4.69, 9.17) is 4.74 Å². The first-order chi connectivity index (χ1) is 10.3. The first kappa shape index (κ1) is 14.5. The van der Waals surface area contributed by atoms with Gasteiger partial charge >= 0.3 is 0 Å². The number of rotatable bonds is 4. The van der Waals surface area contributed by atoms with E-state index in [0.717, 1.165) is 18.6 Å². The molecule has 21 heavy (non-hydrogen) atoms. The van der Waals surface area contributed by atoms with Crippen molar-refractivity contribution in [3.63, 3.8) is 0 Å². The predicted molar refractivity (Wildman–Crippen MR) is 85.5 cm³/mol. The third-order valence-electron chi connectivity index (χ3n) is 6.33. The Kier molecular flexibility index (Phi) is 4.25. The lowest BCUT2D eigenvalue weighted by Crippen LogP contribution is -2.49. The van der Waals surface area contributed by atoms with Gasteiger partial charge in [0.15, 0.2) is 0 Å². The highest BCUT2D eigenvalue weighted by Crippen LogP contribution is 2.38. The van der Waals surface area contributed by atoms with Crippen molar-refractivity contribution in [2.75, 3.05) is 26.2 Å². The van der Waals surface area contributed by atoms with Crippen molar-refractivity contribution in [3.05, 3.63) is 0 Å². The van der Waals surface area contributed by atoms with E-state index in [1.54, 1.807) is 0 Å². The van der Waals surface area contributed by atoms with Gasteiger partial charge in [-0.1, -0.05) is 19.3 Å². The Morgan fingerprint density at radius 1 is 1.05 bits per heavy atom. The highest BCUT2D eigenvalue weighted by atomic mass is 16.5. The summed E-state index contributed by atoms with van der Waals surface area (Å²) < 4.78 is 6.22. The van der Waals surface area contributed by atoms with Crippen LogP contribution in [0.4, 0.5) is 0 Å². The van der Waals surface area contributed by atoms with Gasteiger partial charge in [-0.05, 0) is 64.0 Å². The van der Waals surface area contributed by atoms with Crippen LogP contribution >= 0.6 is 0 Å². The normalized spacial score (nSPS) is 37.1. The molecule has 3 nitrogen and oxygen atoms in total. The first-order valence-corrected chi connectivity index (χ1v) is 9.44. The summed E-state index contributed by atoms with van der Waals surface area (Å²) in [4.78, 5) is 2.74. The van der Waals surface area contributed by atoms with Crippen LogP contribution in [-0.2, 0) is 4.74 Å². The van der Waals surface area contributed by atoms with Gasteiger partial charge in [0.1, 0.15) is 0 Å². The molecule has 2 heterocycles. The van der Waals surface area contributed by atoms with E-state index in [9.17, 15) is 0 Å². The number of hydrogen-bond donors (Lipinski definition) is 1. The molecule has 4 rings (SSSR count). The molecule has 2 saturated carbocycles. The Hall–Kier alpha value is -0.120. The van der Waals surface area contributed by atoms with Crippen LogP contribution in [0.1, 0.15) is 64.2 Å². The van der Waals surface area contributed by atoms with Crippen molar-refractivity contribution in [2.24, 2.45) is 5.92 Å². The van der Waals surface area contributed by atoms with Gasteiger partial charge in [0.05, 0.1) is 5.60 Å². The van der Waals surface area contributed by atoms with Crippen LogP contribution in [0.3, 0.4) is 0 Å². The smallest absolute Gasteiger partial charge is 0.0697 e. The van der Waals surface area contributed by atoms with Crippen molar-refractivity contribution in [2.45, 2.75) is 81.9 Å². The summed E-state index contributed by atoms with van der Waals surface area (Å²) >= 11 is 0. The molecular formula is C18H32N2O. The molecular weight excluding hydrogens is 260 g/mol. The molecule has 1 spiro atoms. The van der Waals surface area contributed by atoms with Gasteiger partial charge < -0.3 is 15.0 Å². The maximum absolute atomic E-state index is 6.22. The quantitative estimate of drug-likeness (QED) is 0.862. The fourth-order valence-electron chi connectivity index (χ4n) is 4.88. The predicted octanol–water partition coefficient (Wildman–Crippen LogP) is 2.94. The van der Waals surface area contributed by atoms with Gasteiger partial charge in [0, 0.05) is 25.2 Å². The molecule has 0 aromatic rings. The third kappa shape index (κ3) is 3.46. The van der Waals surface area contributed by atoms with Crippen LogP contribution < -0.4 is 5.32 Å². The van der Waals surface area contributed by atoms with Crippen molar-refractivity contribution in [3.8, 4) is 0 Å². The molecule has 2 atom stereocenters. The lowest BCUT2D eigenvalue weighted by molar-refractivity contribution is -0.109. The summed E-state index contributed by atoms with van der Waals surface area (Å²) in [6.45, 7) is 4.93. The molecule has 2 aliphatic heterocycles. The van der Waals surface area contributed by atoms with Gasteiger partial charge in [-0.25, -0.2) is 0 Å². The zero-order valence-corrected chi connectivity index (χ0v) is 13.5. The van der Waals surface area contributed by atoms with Crippen molar-refractivity contribution in [1.82, 2.24) is 10.2 Å². The molecule has 2 saturated heterocycles. The molecule has 2 aliphatic carbocycles. The second kappa shape index (κ2) is 6.17. The minimum atomic E-state index is 0.254. The maximum Gasteiger partial charge on any atom is 0.0697 e. The Bertz CT molecular complexity index is 344. The van der Waals surface area contributed by atoms with E-state index in [2.05, 4.69) is 10.2 Å². The Labute approximate surface area is 129 Å². The van der Waals surface area contributed by atoms with E-state index in [1.807, 2.05) is 0 Å². The summed E-state index contributed by atoms with van der Waals surface area (Å²) in [6, 6.07) is 1.68. The van der Waals surface area contributed by atoms with E-state index < -0.39 is 0 Å². The fraction of sp³-hybridized carbons (Fsp3) is 1.00. The second-order valence-corrected chi connectivity index (χ2v) is 8.07. The lowest BCUT2D eigenvalue weighted by Gasteiger charge is -2.44. The molecule has 1 N–H and O–H groups in total. The first-order valence-electron chi connectivity index (χ1n) is 9.44. The summed E-state index contributed by atoms with van der Waals surface area (Å²) in [5.41, 5.74) is 0.254. The minimum Gasteiger partial charge on any atom is -0.375 e. The van der Waals surface area contributed by atoms with E-state index in [0.29, 0.717) is 6.04 Å². The van der Waals surface area contributed by atoms with E-state index in [1.165, 1.54) is 83.8 Å². The maximum atomic E-state index is 6.22. The van der Waals surface area contributed by atoms with Crippen molar-refractivity contribution >= 4 is 0 Å². The summed E-state index contributed by atoms with van der Waals surface area (Å²) in [5.74, 6) is 0.899. The van der Waals surface area contributed by atoms with Crippen LogP contribution in [0.5, 0.6) is 0 Å². The van der Waals surface area contributed by atoms with Crippen LogP contribution in [-0.4, -0.2) is 48.8 Å². The van der Waals surface area contributed by atoms with Crippen LogP contribution in [0.25, 0.3) is 0 Å². The van der Waals surface area contributed by atoms with Gasteiger partial charge in [0.25, 0.3) is 0 Å². The van der Waals surface area contributed by atoms with Crippen molar-refractivity contribution < 1.29 is 4.74 Å². The number of nitrogens with zero attached hydrogens (tertiary/aromatic N) is 1. The molecule has 4 aliphatic rings. The van der Waals surface area contributed by atoms with Gasteiger partial charge in [-0.2, -0.15) is 0 Å². The minimum absolute atomic E-state index is 0.254.